The standard InChI is InChI=1S/C13H20ClN/c1-4-11(5-2)9-15-13-8-12(14)7-6-10(13)3/h6-8,11,15H,4-5,9H2,1-3H3. The summed E-state index contributed by atoms with van der Waals surface area (Å²) in [6.45, 7) is 7.61. The number of nitrogens with one attached hydrogen (secondary N) is 1. The van der Waals surface area contributed by atoms with Gasteiger partial charge in [0.25, 0.3) is 0 Å². The van der Waals surface area contributed by atoms with Crippen LogP contribution in [0.25, 0.3) is 0 Å². The molecule has 1 aromatic carbocycles. The predicted molar refractivity (Wildman–Crippen MR) is 68.8 cm³/mol. The first-order valence-corrected chi connectivity index (χ1v) is 6.05. The first-order chi connectivity index (χ1) is 7.17. The molecule has 0 bridgehead atoms. The Morgan fingerprint density at radius 2 is 1.93 bits per heavy atom. The van der Waals surface area contributed by atoms with E-state index in [9.17, 15) is 0 Å². The third kappa shape index (κ3) is 3.75. The molecular weight excluding hydrogens is 206 g/mol. The Morgan fingerprint density at radius 1 is 1.27 bits per heavy atom. The Morgan fingerprint density at radius 3 is 2.53 bits per heavy atom. The lowest BCUT2D eigenvalue weighted by Crippen LogP contribution is -2.13. The zero-order valence-electron chi connectivity index (χ0n) is 9.81. The molecule has 1 aromatic rings. The molecule has 0 unspecified atom stereocenters. The van der Waals surface area contributed by atoms with Crippen molar-refractivity contribution in [2.45, 2.75) is 33.6 Å². The van der Waals surface area contributed by atoms with Gasteiger partial charge in [0.15, 0.2) is 0 Å². The lowest BCUT2D eigenvalue weighted by Gasteiger charge is -2.15. The molecule has 0 atom stereocenters. The van der Waals surface area contributed by atoms with Gasteiger partial charge in [-0.1, -0.05) is 44.4 Å². The summed E-state index contributed by atoms with van der Waals surface area (Å²) in [6, 6.07) is 5.98. The summed E-state index contributed by atoms with van der Waals surface area (Å²) >= 11 is 5.96. The Kier molecular flexibility index (Phi) is 4.97. The third-order valence-electron chi connectivity index (χ3n) is 2.94. The maximum atomic E-state index is 5.96. The maximum Gasteiger partial charge on any atom is 0.0426 e. The van der Waals surface area contributed by atoms with Gasteiger partial charge in [-0.2, -0.15) is 0 Å². The zero-order chi connectivity index (χ0) is 11.3. The average molecular weight is 226 g/mol. The lowest BCUT2D eigenvalue weighted by molar-refractivity contribution is 0.519. The Bertz CT molecular complexity index is 305. The van der Waals surface area contributed by atoms with Gasteiger partial charge in [0, 0.05) is 17.3 Å². The number of halogens is 1. The second-order valence-electron chi connectivity index (χ2n) is 4.02. The second-order valence-corrected chi connectivity index (χ2v) is 4.46. The molecule has 0 aliphatic carbocycles. The first kappa shape index (κ1) is 12.4. The molecule has 0 radical (unpaired) electrons. The van der Waals surface area contributed by atoms with Crippen molar-refractivity contribution >= 4 is 17.3 Å². The van der Waals surface area contributed by atoms with Crippen LogP contribution in [0.2, 0.25) is 5.02 Å². The first-order valence-electron chi connectivity index (χ1n) is 5.67. The van der Waals surface area contributed by atoms with Crippen LogP contribution in [0.3, 0.4) is 0 Å². The highest BCUT2D eigenvalue weighted by Crippen LogP contribution is 2.21. The number of aryl methyl sites for hydroxylation is 1. The average Bonchev–Trinajstić information content (AvgIpc) is 2.24. The number of benzene rings is 1. The van der Waals surface area contributed by atoms with Crippen LogP contribution in [-0.4, -0.2) is 6.54 Å². The fourth-order valence-corrected chi connectivity index (χ4v) is 1.79. The van der Waals surface area contributed by atoms with E-state index in [1.165, 1.54) is 18.4 Å². The quantitative estimate of drug-likeness (QED) is 0.778. The minimum absolute atomic E-state index is 0.753. The fourth-order valence-electron chi connectivity index (χ4n) is 1.62. The monoisotopic (exact) mass is 225 g/mol. The van der Waals surface area contributed by atoms with E-state index in [1.807, 2.05) is 12.1 Å². The molecule has 84 valence electrons. The highest BCUT2D eigenvalue weighted by molar-refractivity contribution is 6.30. The molecule has 0 aliphatic rings. The van der Waals surface area contributed by atoms with Crippen molar-refractivity contribution in [3.05, 3.63) is 28.8 Å². The molecule has 1 nitrogen and oxygen atoms in total. The van der Waals surface area contributed by atoms with Crippen LogP contribution in [0.4, 0.5) is 5.69 Å². The number of hydrogen-bond donors (Lipinski definition) is 1. The van der Waals surface area contributed by atoms with E-state index in [2.05, 4.69) is 32.2 Å². The predicted octanol–water partition coefficient (Wildman–Crippen LogP) is 4.50. The summed E-state index contributed by atoms with van der Waals surface area (Å²) in [5.41, 5.74) is 2.42. The molecule has 2 heteroatoms. The summed E-state index contributed by atoms with van der Waals surface area (Å²) in [7, 11) is 0. The summed E-state index contributed by atoms with van der Waals surface area (Å²) in [6.07, 6.45) is 2.45. The fraction of sp³-hybridized carbons (Fsp3) is 0.538. The van der Waals surface area contributed by atoms with Crippen LogP contribution in [0, 0.1) is 12.8 Å². The summed E-state index contributed by atoms with van der Waals surface area (Å²) in [5.74, 6) is 0.753. The molecule has 1 N–H and O–H groups in total. The highest BCUT2D eigenvalue weighted by atomic mass is 35.5. The van der Waals surface area contributed by atoms with E-state index in [-0.39, 0.29) is 0 Å². The summed E-state index contributed by atoms with van der Waals surface area (Å²) in [5, 5.41) is 4.27. The molecule has 0 heterocycles. The Hall–Kier alpha value is -0.690. The number of rotatable bonds is 5. The zero-order valence-corrected chi connectivity index (χ0v) is 10.6. The minimum Gasteiger partial charge on any atom is -0.385 e. The van der Waals surface area contributed by atoms with Crippen molar-refractivity contribution in [1.29, 1.82) is 0 Å². The van der Waals surface area contributed by atoms with Gasteiger partial charge in [-0.3, -0.25) is 0 Å². The normalized spacial score (nSPS) is 10.7. The van der Waals surface area contributed by atoms with E-state index >= 15 is 0 Å². The van der Waals surface area contributed by atoms with Gasteiger partial charge in [0.05, 0.1) is 0 Å². The molecule has 0 aliphatic heterocycles. The van der Waals surface area contributed by atoms with Gasteiger partial charge >= 0.3 is 0 Å². The van der Waals surface area contributed by atoms with Crippen LogP contribution in [-0.2, 0) is 0 Å². The van der Waals surface area contributed by atoms with E-state index in [0.717, 1.165) is 23.2 Å². The molecule has 0 aromatic heterocycles. The third-order valence-corrected chi connectivity index (χ3v) is 3.17. The molecule has 0 saturated carbocycles. The van der Waals surface area contributed by atoms with Crippen LogP contribution in [0.1, 0.15) is 32.3 Å². The van der Waals surface area contributed by atoms with Crippen LogP contribution >= 0.6 is 11.6 Å². The van der Waals surface area contributed by atoms with Crippen LogP contribution in [0.5, 0.6) is 0 Å². The highest BCUT2D eigenvalue weighted by Gasteiger charge is 2.04. The molecular formula is C13H20ClN. The maximum absolute atomic E-state index is 5.96. The van der Waals surface area contributed by atoms with Crippen molar-refractivity contribution in [3.63, 3.8) is 0 Å². The van der Waals surface area contributed by atoms with Crippen molar-refractivity contribution in [2.75, 3.05) is 11.9 Å². The van der Waals surface area contributed by atoms with E-state index in [0.29, 0.717) is 0 Å². The number of anilines is 1. The van der Waals surface area contributed by atoms with Crippen molar-refractivity contribution in [3.8, 4) is 0 Å². The van der Waals surface area contributed by atoms with E-state index in [4.69, 9.17) is 11.6 Å². The lowest BCUT2D eigenvalue weighted by atomic mass is 10.0. The summed E-state index contributed by atoms with van der Waals surface area (Å²) < 4.78 is 0. The molecule has 0 fully saturated rings. The van der Waals surface area contributed by atoms with Crippen LogP contribution < -0.4 is 5.32 Å². The van der Waals surface area contributed by atoms with Gasteiger partial charge in [-0.15, -0.1) is 0 Å². The second kappa shape index (κ2) is 6.02. The summed E-state index contributed by atoms with van der Waals surface area (Å²) in [4.78, 5) is 0. The SMILES string of the molecule is CCC(CC)CNc1cc(Cl)ccc1C. The number of hydrogen-bond acceptors (Lipinski definition) is 1. The Balaban J connectivity index is 2.60. The van der Waals surface area contributed by atoms with Crippen molar-refractivity contribution < 1.29 is 0 Å². The van der Waals surface area contributed by atoms with Gasteiger partial charge in [0.2, 0.25) is 0 Å². The minimum atomic E-state index is 0.753. The van der Waals surface area contributed by atoms with E-state index < -0.39 is 0 Å². The molecule has 0 saturated heterocycles. The topological polar surface area (TPSA) is 12.0 Å². The molecule has 0 amide bonds. The molecule has 1 rings (SSSR count). The molecule has 0 spiro atoms. The van der Waals surface area contributed by atoms with Gasteiger partial charge < -0.3 is 5.32 Å². The molecule has 15 heavy (non-hydrogen) atoms. The van der Waals surface area contributed by atoms with Crippen molar-refractivity contribution in [1.82, 2.24) is 0 Å². The van der Waals surface area contributed by atoms with Crippen LogP contribution in [0.15, 0.2) is 18.2 Å². The van der Waals surface area contributed by atoms with Gasteiger partial charge in [0.1, 0.15) is 0 Å². The smallest absolute Gasteiger partial charge is 0.0426 e. The van der Waals surface area contributed by atoms with Gasteiger partial charge in [-0.05, 0) is 30.5 Å². The van der Waals surface area contributed by atoms with Crippen molar-refractivity contribution in [2.24, 2.45) is 5.92 Å². The largest absolute Gasteiger partial charge is 0.385 e. The van der Waals surface area contributed by atoms with Gasteiger partial charge in [-0.25, -0.2) is 0 Å². The van der Waals surface area contributed by atoms with E-state index in [1.54, 1.807) is 0 Å². The Labute approximate surface area is 97.8 Å².